The van der Waals surface area contributed by atoms with E-state index >= 15 is 0 Å². The van der Waals surface area contributed by atoms with Gasteiger partial charge in [0.05, 0.1) is 5.69 Å². The quantitative estimate of drug-likeness (QED) is 0.674. The second-order valence-electron chi connectivity index (χ2n) is 5.26. The Balaban J connectivity index is 1.83. The first-order chi connectivity index (χ1) is 11.5. The van der Waals surface area contributed by atoms with Gasteiger partial charge in [-0.1, -0.05) is 18.2 Å². The number of aromatic nitrogens is 3. The molecule has 0 bridgehead atoms. The lowest BCUT2D eigenvalue weighted by Crippen LogP contribution is -2.10. The lowest BCUT2D eigenvalue weighted by Gasteiger charge is -2.19. The number of para-hydroxylation sites is 1. The first-order valence-electron chi connectivity index (χ1n) is 7.15. The average molecular weight is 329 g/mol. The zero-order valence-corrected chi connectivity index (χ0v) is 12.2. The van der Waals surface area contributed by atoms with Crippen LogP contribution in [-0.4, -0.2) is 15.0 Å². The van der Waals surface area contributed by atoms with Gasteiger partial charge in [0, 0.05) is 17.3 Å². The Morgan fingerprint density at radius 1 is 0.958 bits per heavy atom. The van der Waals surface area contributed by atoms with E-state index in [0.29, 0.717) is 18.1 Å². The normalized spacial score (nSPS) is 13.0. The van der Waals surface area contributed by atoms with Gasteiger partial charge >= 0.3 is 6.18 Å². The predicted octanol–water partition coefficient (Wildman–Crippen LogP) is 4.12. The van der Waals surface area contributed by atoms with E-state index in [1.165, 1.54) is 12.1 Å². The maximum atomic E-state index is 12.8. The molecular formula is C17H10F3N3O. The third-order valence-corrected chi connectivity index (χ3v) is 3.66. The molecule has 7 heteroatoms. The minimum absolute atomic E-state index is 0.0802. The van der Waals surface area contributed by atoms with Crippen molar-refractivity contribution in [1.29, 1.82) is 0 Å². The molecule has 0 saturated carbocycles. The van der Waals surface area contributed by atoms with Crippen LogP contribution >= 0.6 is 0 Å². The highest BCUT2D eigenvalue weighted by molar-refractivity contribution is 5.72. The zero-order valence-electron chi connectivity index (χ0n) is 12.2. The summed E-state index contributed by atoms with van der Waals surface area (Å²) in [6.45, 7) is 0.322. The Labute approximate surface area is 135 Å². The molecule has 0 unspecified atom stereocenters. The van der Waals surface area contributed by atoms with Crippen LogP contribution in [0, 0.1) is 0 Å². The van der Waals surface area contributed by atoms with Crippen molar-refractivity contribution in [2.45, 2.75) is 12.8 Å². The number of pyridine rings is 1. The smallest absolute Gasteiger partial charge is 0.433 e. The Kier molecular flexibility index (Phi) is 3.23. The molecule has 4 nitrogen and oxygen atoms in total. The summed E-state index contributed by atoms with van der Waals surface area (Å²) in [7, 11) is 0. The largest absolute Gasteiger partial charge is 0.488 e. The first-order valence-corrected chi connectivity index (χ1v) is 7.15. The maximum Gasteiger partial charge on any atom is 0.433 e. The minimum atomic E-state index is -4.51. The van der Waals surface area contributed by atoms with Gasteiger partial charge in [0.2, 0.25) is 0 Å². The third-order valence-electron chi connectivity index (χ3n) is 3.66. The highest BCUT2D eigenvalue weighted by Gasteiger charge is 2.32. The van der Waals surface area contributed by atoms with Crippen molar-refractivity contribution in [2.24, 2.45) is 0 Å². The molecule has 0 atom stereocenters. The fraction of sp³-hybridized carbons (Fsp3) is 0.118. The minimum Gasteiger partial charge on any atom is -0.488 e. The van der Waals surface area contributed by atoms with Gasteiger partial charge < -0.3 is 4.74 Å². The highest BCUT2D eigenvalue weighted by atomic mass is 19.4. The van der Waals surface area contributed by atoms with Crippen molar-refractivity contribution in [3.05, 3.63) is 59.9 Å². The number of nitrogens with zero attached hydrogens (tertiary/aromatic N) is 3. The van der Waals surface area contributed by atoms with Crippen LogP contribution in [0.2, 0.25) is 0 Å². The van der Waals surface area contributed by atoms with Gasteiger partial charge in [0.25, 0.3) is 0 Å². The molecule has 0 N–H and O–H groups in total. The fourth-order valence-corrected chi connectivity index (χ4v) is 2.53. The van der Waals surface area contributed by atoms with E-state index in [4.69, 9.17) is 4.74 Å². The van der Waals surface area contributed by atoms with Gasteiger partial charge in [-0.15, -0.1) is 0 Å². The molecule has 0 aliphatic carbocycles. The van der Waals surface area contributed by atoms with Crippen LogP contribution in [0.4, 0.5) is 13.2 Å². The fourth-order valence-electron chi connectivity index (χ4n) is 2.53. The summed E-state index contributed by atoms with van der Waals surface area (Å²) < 4.78 is 44.1. The Hall–Kier alpha value is -2.96. The van der Waals surface area contributed by atoms with E-state index in [1.54, 1.807) is 6.20 Å². The van der Waals surface area contributed by atoms with Crippen LogP contribution in [0.1, 0.15) is 11.3 Å². The van der Waals surface area contributed by atoms with Crippen LogP contribution in [0.3, 0.4) is 0 Å². The summed E-state index contributed by atoms with van der Waals surface area (Å²) >= 11 is 0. The molecular weight excluding hydrogens is 319 g/mol. The third kappa shape index (κ3) is 2.47. The molecule has 1 aliphatic heterocycles. The van der Waals surface area contributed by atoms with Crippen molar-refractivity contribution in [3.63, 3.8) is 0 Å². The molecule has 1 aromatic carbocycles. The lowest BCUT2D eigenvalue weighted by atomic mass is 10.0. The molecule has 0 spiro atoms. The van der Waals surface area contributed by atoms with Gasteiger partial charge in [-0.3, -0.25) is 0 Å². The first kappa shape index (κ1) is 14.6. The van der Waals surface area contributed by atoms with E-state index in [0.717, 1.165) is 17.2 Å². The molecule has 24 heavy (non-hydrogen) atoms. The van der Waals surface area contributed by atoms with Crippen LogP contribution in [-0.2, 0) is 12.8 Å². The molecule has 0 radical (unpaired) electrons. The molecule has 1 aliphatic rings. The summed E-state index contributed by atoms with van der Waals surface area (Å²) in [5, 5.41) is 0. The second kappa shape index (κ2) is 5.30. The van der Waals surface area contributed by atoms with Gasteiger partial charge in [0.1, 0.15) is 23.7 Å². The number of benzene rings is 1. The number of hydrogen-bond acceptors (Lipinski definition) is 4. The van der Waals surface area contributed by atoms with Crippen molar-refractivity contribution in [3.8, 4) is 28.5 Å². The number of halogens is 3. The Morgan fingerprint density at radius 3 is 2.62 bits per heavy atom. The van der Waals surface area contributed by atoms with Crippen LogP contribution in [0.5, 0.6) is 5.75 Å². The van der Waals surface area contributed by atoms with Crippen molar-refractivity contribution < 1.29 is 17.9 Å². The van der Waals surface area contributed by atoms with E-state index in [1.807, 2.05) is 24.3 Å². The number of hydrogen-bond donors (Lipinski definition) is 0. The number of rotatable bonds is 1. The molecule has 2 aromatic heterocycles. The number of ether oxygens (including phenoxy) is 1. The summed E-state index contributed by atoms with van der Waals surface area (Å²) in [5.41, 5.74) is 1.33. The maximum absolute atomic E-state index is 12.8. The van der Waals surface area contributed by atoms with E-state index < -0.39 is 11.9 Å². The summed E-state index contributed by atoms with van der Waals surface area (Å²) in [5.74, 6) is 0.836. The highest BCUT2D eigenvalue weighted by Crippen LogP contribution is 2.36. The van der Waals surface area contributed by atoms with Gasteiger partial charge in [-0.05, 0) is 24.3 Å². The van der Waals surface area contributed by atoms with Crippen LogP contribution in [0.15, 0.2) is 48.7 Å². The number of alkyl halides is 3. The summed E-state index contributed by atoms with van der Waals surface area (Å²) in [4.78, 5) is 12.2. The standard InChI is InChI=1S/C17H10F3N3O/c18-17(19,20)14-7-3-5-12(22-14)16-21-8-10-9-24-13-6-2-1-4-11(13)15(10)23-16/h1-8H,9H2. The Bertz CT molecular complexity index is 925. The Morgan fingerprint density at radius 2 is 1.79 bits per heavy atom. The molecule has 4 rings (SSSR count). The summed E-state index contributed by atoms with van der Waals surface area (Å²) in [6, 6.07) is 11.0. The van der Waals surface area contributed by atoms with E-state index in [9.17, 15) is 13.2 Å². The molecule has 0 fully saturated rings. The van der Waals surface area contributed by atoms with Crippen molar-refractivity contribution >= 4 is 0 Å². The molecule has 120 valence electrons. The number of fused-ring (bicyclic) bond motifs is 3. The predicted molar refractivity (Wildman–Crippen MR) is 80.0 cm³/mol. The summed E-state index contributed by atoms with van der Waals surface area (Å²) in [6.07, 6.45) is -2.94. The van der Waals surface area contributed by atoms with Gasteiger partial charge in [-0.25, -0.2) is 15.0 Å². The van der Waals surface area contributed by atoms with Crippen molar-refractivity contribution in [2.75, 3.05) is 0 Å². The molecule has 0 saturated heterocycles. The second-order valence-corrected chi connectivity index (χ2v) is 5.26. The SMILES string of the molecule is FC(F)(F)c1cccc(-c2ncc3c(n2)-c2ccccc2OC3)n1. The zero-order chi connectivity index (χ0) is 16.7. The topological polar surface area (TPSA) is 47.9 Å². The lowest BCUT2D eigenvalue weighted by molar-refractivity contribution is -0.141. The van der Waals surface area contributed by atoms with Gasteiger partial charge in [0.15, 0.2) is 5.82 Å². The monoisotopic (exact) mass is 329 g/mol. The molecule has 3 heterocycles. The average Bonchev–Trinajstić information content (AvgIpc) is 2.60. The van der Waals surface area contributed by atoms with Crippen molar-refractivity contribution in [1.82, 2.24) is 15.0 Å². The van der Waals surface area contributed by atoms with Crippen LogP contribution in [0.25, 0.3) is 22.8 Å². The van der Waals surface area contributed by atoms with Crippen LogP contribution < -0.4 is 4.74 Å². The molecule has 3 aromatic rings. The van der Waals surface area contributed by atoms with E-state index in [2.05, 4.69) is 15.0 Å². The van der Waals surface area contributed by atoms with E-state index in [-0.39, 0.29) is 11.5 Å². The molecule has 0 amide bonds. The van der Waals surface area contributed by atoms with Gasteiger partial charge in [-0.2, -0.15) is 13.2 Å².